The van der Waals surface area contributed by atoms with Gasteiger partial charge in [-0.3, -0.25) is 0 Å². The number of alkyl halides is 1. The SMILES string of the molecule is C=CC(=O)OCCCCCCCCI. The molecule has 0 heterocycles. The lowest BCUT2D eigenvalue weighted by molar-refractivity contribution is -0.137. The maximum Gasteiger partial charge on any atom is 0.330 e. The van der Waals surface area contributed by atoms with Gasteiger partial charge in [0.25, 0.3) is 0 Å². The number of carbonyl (C=O) groups is 1. The summed E-state index contributed by atoms with van der Waals surface area (Å²) in [4.78, 5) is 10.6. The summed E-state index contributed by atoms with van der Waals surface area (Å²) in [7, 11) is 0. The Balaban J connectivity index is 2.99. The first-order chi connectivity index (χ1) is 6.81. The van der Waals surface area contributed by atoms with Gasteiger partial charge in [0, 0.05) is 6.08 Å². The van der Waals surface area contributed by atoms with Crippen LogP contribution >= 0.6 is 22.6 Å². The van der Waals surface area contributed by atoms with E-state index >= 15 is 0 Å². The molecule has 0 saturated heterocycles. The third-order valence-corrected chi connectivity index (χ3v) is 2.70. The van der Waals surface area contributed by atoms with Crippen LogP contribution < -0.4 is 0 Å². The number of hydrogen-bond donors (Lipinski definition) is 0. The van der Waals surface area contributed by atoms with E-state index in [-0.39, 0.29) is 5.97 Å². The zero-order valence-corrected chi connectivity index (χ0v) is 10.8. The third-order valence-electron chi connectivity index (χ3n) is 1.94. The van der Waals surface area contributed by atoms with Crippen molar-refractivity contribution in [2.24, 2.45) is 0 Å². The number of halogens is 1. The summed E-state index contributed by atoms with van der Waals surface area (Å²) in [6.45, 7) is 3.87. The van der Waals surface area contributed by atoms with Crippen LogP contribution in [0, 0.1) is 0 Å². The molecule has 14 heavy (non-hydrogen) atoms. The minimum Gasteiger partial charge on any atom is -0.463 e. The number of unbranched alkanes of at least 4 members (excludes halogenated alkanes) is 5. The van der Waals surface area contributed by atoms with Crippen molar-refractivity contribution in [1.29, 1.82) is 0 Å². The van der Waals surface area contributed by atoms with Crippen LogP contribution in [0.5, 0.6) is 0 Å². The first-order valence-corrected chi connectivity index (χ1v) is 6.69. The Kier molecular flexibility index (Phi) is 11.0. The summed E-state index contributed by atoms with van der Waals surface area (Å²) in [5.74, 6) is -0.310. The zero-order valence-electron chi connectivity index (χ0n) is 8.64. The highest BCUT2D eigenvalue weighted by atomic mass is 127. The van der Waals surface area contributed by atoms with Gasteiger partial charge in [0.2, 0.25) is 0 Å². The Morgan fingerprint density at radius 1 is 1.14 bits per heavy atom. The molecule has 0 radical (unpaired) electrons. The van der Waals surface area contributed by atoms with Gasteiger partial charge < -0.3 is 4.74 Å². The second kappa shape index (κ2) is 11.0. The summed E-state index contributed by atoms with van der Waals surface area (Å²) in [5.41, 5.74) is 0. The average Bonchev–Trinajstić information content (AvgIpc) is 2.21. The monoisotopic (exact) mass is 310 g/mol. The van der Waals surface area contributed by atoms with E-state index in [9.17, 15) is 4.79 Å². The molecule has 3 heteroatoms. The van der Waals surface area contributed by atoms with Crippen LogP contribution in [0.25, 0.3) is 0 Å². The topological polar surface area (TPSA) is 26.3 Å². The third kappa shape index (κ3) is 10.0. The molecule has 0 bridgehead atoms. The van der Waals surface area contributed by atoms with Gasteiger partial charge in [-0.15, -0.1) is 0 Å². The Labute approximate surface area is 100 Å². The van der Waals surface area contributed by atoms with Crippen LogP contribution in [0.4, 0.5) is 0 Å². The van der Waals surface area contributed by atoms with E-state index in [1.165, 1.54) is 36.2 Å². The van der Waals surface area contributed by atoms with Crippen LogP contribution in [0.1, 0.15) is 38.5 Å². The van der Waals surface area contributed by atoms with Crippen LogP contribution in [-0.2, 0) is 9.53 Å². The van der Waals surface area contributed by atoms with E-state index in [1.54, 1.807) is 0 Å². The minimum atomic E-state index is -0.310. The molecule has 0 aromatic rings. The normalized spacial score (nSPS) is 9.79. The van der Waals surface area contributed by atoms with Crippen LogP contribution in [-0.4, -0.2) is 17.0 Å². The van der Waals surface area contributed by atoms with Crippen LogP contribution in [0.2, 0.25) is 0 Å². The Morgan fingerprint density at radius 2 is 1.71 bits per heavy atom. The molecule has 2 nitrogen and oxygen atoms in total. The second-order valence-corrected chi connectivity index (χ2v) is 4.26. The van der Waals surface area contributed by atoms with Gasteiger partial charge in [-0.05, 0) is 17.3 Å². The molecule has 0 atom stereocenters. The molecular formula is C11H19IO2. The summed E-state index contributed by atoms with van der Waals surface area (Å²) in [5, 5.41) is 0. The zero-order chi connectivity index (χ0) is 10.6. The molecule has 0 fully saturated rings. The Hall–Kier alpha value is -0.0600. The van der Waals surface area contributed by atoms with Crippen molar-refractivity contribution >= 4 is 28.6 Å². The van der Waals surface area contributed by atoms with Gasteiger partial charge in [0.15, 0.2) is 0 Å². The summed E-state index contributed by atoms with van der Waals surface area (Å²) in [6.07, 6.45) is 8.55. The fraction of sp³-hybridized carbons (Fsp3) is 0.727. The molecule has 0 rings (SSSR count). The highest BCUT2D eigenvalue weighted by molar-refractivity contribution is 14.1. The molecule has 0 saturated carbocycles. The van der Waals surface area contributed by atoms with Crippen molar-refractivity contribution in [3.05, 3.63) is 12.7 Å². The first-order valence-electron chi connectivity index (χ1n) is 5.16. The molecule has 0 aliphatic heterocycles. The van der Waals surface area contributed by atoms with Gasteiger partial charge >= 0.3 is 5.97 Å². The number of rotatable bonds is 9. The molecule has 0 aromatic carbocycles. The maximum atomic E-state index is 10.6. The standard InChI is InChI=1S/C11H19IO2/c1-2-11(13)14-10-8-6-4-3-5-7-9-12/h2H,1,3-10H2. The lowest BCUT2D eigenvalue weighted by Crippen LogP contribution is -2.01. The molecule has 82 valence electrons. The lowest BCUT2D eigenvalue weighted by Gasteiger charge is -2.01. The number of ether oxygens (including phenoxy) is 1. The summed E-state index contributed by atoms with van der Waals surface area (Å²) >= 11 is 2.41. The predicted octanol–water partition coefficient (Wildman–Crippen LogP) is 3.49. The lowest BCUT2D eigenvalue weighted by atomic mass is 10.1. The predicted molar refractivity (Wildman–Crippen MR) is 67.7 cm³/mol. The van der Waals surface area contributed by atoms with Crippen molar-refractivity contribution in [2.75, 3.05) is 11.0 Å². The molecule has 0 N–H and O–H groups in total. The quantitative estimate of drug-likeness (QED) is 0.214. The molecule has 0 aliphatic carbocycles. The highest BCUT2D eigenvalue weighted by Crippen LogP contribution is 2.06. The van der Waals surface area contributed by atoms with Gasteiger partial charge in [0.05, 0.1) is 6.61 Å². The van der Waals surface area contributed by atoms with E-state index in [0.29, 0.717) is 6.61 Å². The molecule has 0 unspecified atom stereocenters. The van der Waals surface area contributed by atoms with Crippen molar-refractivity contribution in [1.82, 2.24) is 0 Å². The Bertz CT molecular complexity index is 157. The highest BCUT2D eigenvalue weighted by Gasteiger charge is 1.95. The molecule has 0 aliphatic rings. The van der Waals surface area contributed by atoms with E-state index in [2.05, 4.69) is 29.2 Å². The molecular weight excluding hydrogens is 291 g/mol. The largest absolute Gasteiger partial charge is 0.463 e. The summed E-state index contributed by atoms with van der Waals surface area (Å²) < 4.78 is 6.12. The van der Waals surface area contributed by atoms with Crippen molar-refractivity contribution in [2.45, 2.75) is 38.5 Å². The molecule has 0 spiro atoms. The van der Waals surface area contributed by atoms with Crippen LogP contribution in [0.15, 0.2) is 12.7 Å². The molecule has 0 amide bonds. The Morgan fingerprint density at radius 3 is 2.29 bits per heavy atom. The number of hydrogen-bond acceptors (Lipinski definition) is 2. The van der Waals surface area contributed by atoms with Crippen molar-refractivity contribution in [3.63, 3.8) is 0 Å². The second-order valence-electron chi connectivity index (χ2n) is 3.18. The maximum absolute atomic E-state index is 10.6. The van der Waals surface area contributed by atoms with E-state index < -0.39 is 0 Å². The van der Waals surface area contributed by atoms with E-state index in [0.717, 1.165) is 12.8 Å². The first kappa shape index (κ1) is 13.9. The minimum absolute atomic E-state index is 0.310. The molecule has 0 aromatic heterocycles. The fourth-order valence-corrected chi connectivity index (χ4v) is 1.67. The van der Waals surface area contributed by atoms with Crippen molar-refractivity contribution < 1.29 is 9.53 Å². The smallest absolute Gasteiger partial charge is 0.330 e. The van der Waals surface area contributed by atoms with Crippen molar-refractivity contribution in [3.8, 4) is 0 Å². The van der Waals surface area contributed by atoms with E-state index in [4.69, 9.17) is 4.74 Å². The summed E-state index contributed by atoms with van der Waals surface area (Å²) in [6, 6.07) is 0. The number of esters is 1. The average molecular weight is 310 g/mol. The fourth-order valence-electron chi connectivity index (χ4n) is 1.14. The van der Waals surface area contributed by atoms with Gasteiger partial charge in [-0.25, -0.2) is 4.79 Å². The van der Waals surface area contributed by atoms with Gasteiger partial charge in [-0.2, -0.15) is 0 Å². The van der Waals surface area contributed by atoms with Gasteiger partial charge in [-0.1, -0.05) is 54.9 Å². The van der Waals surface area contributed by atoms with Gasteiger partial charge in [0.1, 0.15) is 0 Å². The van der Waals surface area contributed by atoms with Crippen LogP contribution in [0.3, 0.4) is 0 Å². The number of carbonyl (C=O) groups excluding carboxylic acids is 1. The van der Waals surface area contributed by atoms with E-state index in [1.807, 2.05) is 0 Å².